The van der Waals surface area contributed by atoms with Crippen molar-refractivity contribution in [2.75, 3.05) is 0 Å². The average molecular weight is 385 g/mol. The molecule has 1 N–H and O–H groups in total. The van der Waals surface area contributed by atoms with Crippen molar-refractivity contribution in [3.05, 3.63) is 81.4 Å². The highest BCUT2D eigenvalue weighted by atomic mass is 32.2. The van der Waals surface area contributed by atoms with Gasteiger partial charge in [-0.2, -0.15) is 0 Å². The van der Waals surface area contributed by atoms with E-state index in [1.54, 1.807) is 0 Å². The molecule has 0 radical (unpaired) electrons. The van der Waals surface area contributed by atoms with Crippen molar-refractivity contribution in [3.8, 4) is 11.1 Å². The predicted molar refractivity (Wildman–Crippen MR) is 117 cm³/mol. The van der Waals surface area contributed by atoms with Crippen molar-refractivity contribution in [1.82, 2.24) is 0 Å². The van der Waals surface area contributed by atoms with Crippen molar-refractivity contribution in [3.63, 3.8) is 0 Å². The van der Waals surface area contributed by atoms with Crippen LogP contribution in [0.5, 0.6) is 0 Å². The van der Waals surface area contributed by atoms with Gasteiger partial charge in [0.1, 0.15) is 5.82 Å². The van der Waals surface area contributed by atoms with E-state index >= 15 is 4.39 Å². The van der Waals surface area contributed by atoms with Gasteiger partial charge in [-0.3, -0.25) is 0 Å². The lowest BCUT2D eigenvalue weighted by atomic mass is 9.81. The summed E-state index contributed by atoms with van der Waals surface area (Å²) in [5, 5.41) is 14.7. The highest BCUT2D eigenvalue weighted by Gasteiger charge is 2.27. The number of hydrogen-bond acceptors (Lipinski definition) is 1. The van der Waals surface area contributed by atoms with Gasteiger partial charge in [0.25, 0.3) is 0 Å². The van der Waals surface area contributed by atoms with E-state index in [-0.39, 0.29) is 24.3 Å². The minimum Gasteiger partial charge on any atom is -0.392 e. The molecule has 3 rings (SSSR count). The summed E-state index contributed by atoms with van der Waals surface area (Å²) in [6, 6.07) is 10.1. The van der Waals surface area contributed by atoms with Crippen LogP contribution >= 0.6 is 10.9 Å². The summed E-state index contributed by atoms with van der Waals surface area (Å²) in [6.07, 6.45) is 4.16. The van der Waals surface area contributed by atoms with E-state index in [2.05, 4.69) is 48.9 Å². The molecule has 0 saturated heterocycles. The molecule has 1 heterocycles. The molecular formula is C24H29FOS. The van der Waals surface area contributed by atoms with E-state index in [9.17, 15) is 5.11 Å². The summed E-state index contributed by atoms with van der Waals surface area (Å²) in [6.45, 7) is 7.98. The quantitative estimate of drug-likeness (QED) is 0.526. The van der Waals surface area contributed by atoms with Crippen LogP contribution in [-0.4, -0.2) is 5.11 Å². The van der Waals surface area contributed by atoms with Gasteiger partial charge in [-0.25, -0.2) is 15.3 Å². The normalized spacial score (nSPS) is 14.7. The molecule has 0 amide bonds. The molecule has 0 spiro atoms. The average Bonchev–Trinajstić information content (AvgIpc) is 3.14. The summed E-state index contributed by atoms with van der Waals surface area (Å²) >= 11 is 0. The first-order chi connectivity index (χ1) is 13.0. The maximum atomic E-state index is 15.7. The second-order valence-electron chi connectivity index (χ2n) is 7.66. The maximum Gasteiger partial charge on any atom is 0.130 e. The van der Waals surface area contributed by atoms with Crippen LogP contribution in [-0.2, 0) is 12.4 Å². The molecule has 0 bridgehead atoms. The number of thiol groups is 1. The fraction of sp³-hybridized carbons (Fsp3) is 0.333. The predicted octanol–water partition coefficient (Wildman–Crippen LogP) is 6.77. The van der Waals surface area contributed by atoms with Crippen LogP contribution in [0, 0.1) is 5.82 Å². The van der Waals surface area contributed by atoms with Gasteiger partial charge in [-0.1, -0.05) is 70.2 Å². The Kier molecular flexibility index (Phi) is 6.23. The summed E-state index contributed by atoms with van der Waals surface area (Å²) < 4.78 is 15.7. The number of benzene rings is 2. The summed E-state index contributed by atoms with van der Waals surface area (Å²) in [5.41, 5.74) is 5.37. The molecule has 1 aliphatic rings. The number of halogens is 1. The van der Waals surface area contributed by atoms with Crippen LogP contribution in [0.25, 0.3) is 11.1 Å². The molecule has 0 atom stereocenters. The summed E-state index contributed by atoms with van der Waals surface area (Å²) in [7, 11) is -0.433. The third-order valence-electron chi connectivity index (χ3n) is 5.11. The Morgan fingerprint density at radius 2 is 1.44 bits per heavy atom. The molecule has 0 unspecified atom stereocenters. The first-order valence-electron chi connectivity index (χ1n) is 9.59. The zero-order valence-electron chi connectivity index (χ0n) is 16.5. The molecule has 2 aromatic rings. The van der Waals surface area contributed by atoms with Gasteiger partial charge in [0.2, 0.25) is 0 Å². The summed E-state index contributed by atoms with van der Waals surface area (Å²) in [5.74, 6) is 0.778. The Morgan fingerprint density at radius 3 is 1.96 bits per heavy atom. The lowest BCUT2D eigenvalue weighted by Crippen LogP contribution is -2.13. The minimum atomic E-state index is -0.433. The number of allylic oxidation sites excluding steroid dienone is 2. The minimum absolute atomic E-state index is 0.0122. The van der Waals surface area contributed by atoms with Gasteiger partial charge in [0, 0.05) is 5.75 Å². The highest BCUT2D eigenvalue weighted by molar-refractivity contribution is 8.21. The summed E-state index contributed by atoms with van der Waals surface area (Å²) in [4.78, 5) is 0. The molecular weight excluding hydrogens is 355 g/mol. The molecule has 144 valence electrons. The number of aliphatic hydroxyl groups is 1. The molecule has 0 aromatic heterocycles. The molecule has 3 heteroatoms. The molecule has 0 fully saturated rings. The standard InChI is InChI=1S/C24H29FOS/c1-16(2)21-19(14-26)23(18-10-6-5-7-11-18)20(15-27-12-8-9-13-27)22(17(3)4)24(21)25/h5-13,16-17,26-27H,14-15H2,1-4H3. The molecule has 27 heavy (non-hydrogen) atoms. The monoisotopic (exact) mass is 384 g/mol. The van der Waals surface area contributed by atoms with E-state index in [1.165, 1.54) is 0 Å². The van der Waals surface area contributed by atoms with E-state index in [0.717, 1.165) is 33.6 Å². The Bertz CT molecular complexity index is 854. The van der Waals surface area contributed by atoms with Crippen LogP contribution in [0.1, 0.15) is 61.8 Å². The van der Waals surface area contributed by atoms with Gasteiger partial charge in [0.15, 0.2) is 0 Å². The van der Waals surface area contributed by atoms with Crippen LogP contribution in [0.4, 0.5) is 4.39 Å². The molecule has 1 nitrogen and oxygen atoms in total. The van der Waals surface area contributed by atoms with Gasteiger partial charge in [-0.15, -0.1) is 0 Å². The Balaban J connectivity index is 2.38. The number of rotatable bonds is 6. The van der Waals surface area contributed by atoms with Crippen molar-refractivity contribution in [2.45, 2.75) is 51.9 Å². The van der Waals surface area contributed by atoms with Gasteiger partial charge in [-0.05, 0) is 56.0 Å². The van der Waals surface area contributed by atoms with Crippen molar-refractivity contribution < 1.29 is 9.50 Å². The molecule has 2 aromatic carbocycles. The highest BCUT2D eigenvalue weighted by Crippen LogP contribution is 2.46. The molecule has 0 aliphatic carbocycles. The molecule has 0 saturated carbocycles. The van der Waals surface area contributed by atoms with E-state index in [4.69, 9.17) is 0 Å². The fourth-order valence-electron chi connectivity index (χ4n) is 4.01. The third kappa shape index (κ3) is 3.90. The topological polar surface area (TPSA) is 20.2 Å². The lowest BCUT2D eigenvalue weighted by molar-refractivity contribution is 0.279. The largest absolute Gasteiger partial charge is 0.392 e. The van der Waals surface area contributed by atoms with Crippen LogP contribution in [0.15, 0.2) is 53.3 Å². The zero-order valence-corrected chi connectivity index (χ0v) is 17.4. The number of aliphatic hydroxyl groups excluding tert-OH is 1. The Hall–Kier alpha value is -1.84. The Labute approximate surface area is 165 Å². The fourth-order valence-corrected chi connectivity index (χ4v) is 5.65. The lowest BCUT2D eigenvalue weighted by Gasteiger charge is -2.28. The smallest absolute Gasteiger partial charge is 0.130 e. The van der Waals surface area contributed by atoms with Gasteiger partial charge >= 0.3 is 0 Å². The Morgan fingerprint density at radius 1 is 0.889 bits per heavy atom. The van der Waals surface area contributed by atoms with E-state index in [1.807, 2.05) is 32.0 Å². The van der Waals surface area contributed by atoms with Gasteiger partial charge < -0.3 is 5.11 Å². The van der Waals surface area contributed by atoms with Crippen molar-refractivity contribution in [1.29, 1.82) is 0 Å². The first-order valence-corrected chi connectivity index (χ1v) is 11.3. The van der Waals surface area contributed by atoms with Gasteiger partial charge in [0.05, 0.1) is 6.61 Å². The number of hydrogen-bond donors (Lipinski definition) is 2. The SMILES string of the molecule is CC(C)c1c(F)c(C(C)C)c(C[SH]2C=CC=C2)c(-c2ccccc2)c1CO. The molecule has 1 aliphatic heterocycles. The van der Waals surface area contributed by atoms with Crippen LogP contribution < -0.4 is 0 Å². The van der Waals surface area contributed by atoms with Crippen LogP contribution in [0.3, 0.4) is 0 Å². The maximum absolute atomic E-state index is 15.7. The van der Waals surface area contributed by atoms with Crippen molar-refractivity contribution >= 4 is 10.9 Å². The second kappa shape index (κ2) is 8.45. The van der Waals surface area contributed by atoms with E-state index < -0.39 is 10.9 Å². The van der Waals surface area contributed by atoms with E-state index in [0.29, 0.717) is 5.56 Å². The van der Waals surface area contributed by atoms with Crippen LogP contribution in [0.2, 0.25) is 0 Å². The second-order valence-corrected chi connectivity index (χ2v) is 9.60. The third-order valence-corrected chi connectivity index (χ3v) is 6.90. The zero-order chi connectivity index (χ0) is 19.6. The van der Waals surface area contributed by atoms with Crippen molar-refractivity contribution in [2.24, 2.45) is 0 Å². The first kappa shape index (κ1) is 19.9.